The summed E-state index contributed by atoms with van der Waals surface area (Å²) in [6, 6.07) is 4.64. The molecule has 1 saturated carbocycles. The molecule has 72 valence electrons. The average Bonchev–Trinajstić information content (AvgIpc) is 2.76. The van der Waals surface area contributed by atoms with Crippen LogP contribution in [0.4, 0.5) is 0 Å². The van der Waals surface area contributed by atoms with E-state index >= 15 is 0 Å². The molecule has 1 atom stereocenters. The van der Waals surface area contributed by atoms with Crippen LogP contribution in [0.5, 0.6) is 0 Å². The Labute approximate surface area is 91.5 Å². The lowest BCUT2D eigenvalue weighted by atomic mass is 10.1. The van der Waals surface area contributed by atoms with Gasteiger partial charge < -0.3 is 5.73 Å². The van der Waals surface area contributed by atoms with Gasteiger partial charge in [-0.05, 0) is 46.8 Å². The van der Waals surface area contributed by atoms with Gasteiger partial charge >= 0.3 is 0 Å². The van der Waals surface area contributed by atoms with Gasteiger partial charge in [0.1, 0.15) is 0 Å². The molecule has 1 nitrogen and oxygen atoms in total. The van der Waals surface area contributed by atoms with Crippen LogP contribution in [-0.4, -0.2) is 6.04 Å². The maximum atomic E-state index is 6.05. The number of hydrogen-bond acceptors (Lipinski definition) is 2. The molecule has 1 aliphatic rings. The van der Waals surface area contributed by atoms with Crippen molar-refractivity contribution in [1.82, 2.24) is 0 Å². The molecule has 0 aliphatic heterocycles. The van der Waals surface area contributed by atoms with E-state index < -0.39 is 0 Å². The van der Waals surface area contributed by atoms with Crippen LogP contribution < -0.4 is 5.73 Å². The lowest BCUT2D eigenvalue weighted by Gasteiger charge is -2.08. The van der Waals surface area contributed by atoms with E-state index in [9.17, 15) is 0 Å². The fourth-order valence-electron chi connectivity index (χ4n) is 1.58. The van der Waals surface area contributed by atoms with Gasteiger partial charge in [-0.3, -0.25) is 0 Å². The summed E-state index contributed by atoms with van der Waals surface area (Å²) in [5, 5.41) is 0. The fraction of sp³-hybridized carbons (Fsp3) is 0.600. The Morgan fingerprint density at radius 1 is 1.54 bits per heavy atom. The molecule has 1 aromatic heterocycles. The molecule has 3 heteroatoms. The first-order chi connectivity index (χ1) is 6.24. The van der Waals surface area contributed by atoms with Crippen LogP contribution in [0.1, 0.15) is 24.1 Å². The third kappa shape index (κ3) is 3.08. The Morgan fingerprint density at radius 2 is 2.31 bits per heavy atom. The topological polar surface area (TPSA) is 26.0 Å². The number of halogens is 1. The monoisotopic (exact) mass is 259 g/mol. The van der Waals surface area contributed by atoms with E-state index in [0.29, 0.717) is 6.04 Å². The van der Waals surface area contributed by atoms with Crippen LogP contribution in [0.2, 0.25) is 0 Å². The molecule has 2 N–H and O–H groups in total. The van der Waals surface area contributed by atoms with Crippen molar-refractivity contribution in [2.24, 2.45) is 11.7 Å². The van der Waals surface area contributed by atoms with Crippen molar-refractivity contribution in [2.75, 3.05) is 0 Å². The second kappa shape index (κ2) is 4.11. The molecular weight excluding hydrogens is 246 g/mol. The van der Waals surface area contributed by atoms with E-state index in [1.165, 1.54) is 27.9 Å². The molecule has 0 spiro atoms. The summed E-state index contributed by atoms with van der Waals surface area (Å²) in [6.07, 6.45) is 5.08. The number of rotatable bonds is 4. The van der Waals surface area contributed by atoms with Crippen LogP contribution >= 0.6 is 27.3 Å². The van der Waals surface area contributed by atoms with Crippen LogP contribution in [0, 0.1) is 5.92 Å². The smallest absolute Gasteiger partial charge is 0.0701 e. The molecule has 0 aromatic carbocycles. The summed E-state index contributed by atoms with van der Waals surface area (Å²) in [5.74, 6) is 0.943. The van der Waals surface area contributed by atoms with Gasteiger partial charge in [-0.15, -0.1) is 11.3 Å². The van der Waals surface area contributed by atoms with Crippen molar-refractivity contribution in [1.29, 1.82) is 0 Å². The van der Waals surface area contributed by atoms with Crippen molar-refractivity contribution in [2.45, 2.75) is 31.7 Å². The van der Waals surface area contributed by atoms with Crippen molar-refractivity contribution in [3.63, 3.8) is 0 Å². The second-order valence-corrected chi connectivity index (χ2v) is 6.40. The molecule has 1 heterocycles. The van der Waals surface area contributed by atoms with E-state index in [1.54, 1.807) is 11.3 Å². The molecule has 0 saturated heterocycles. The lowest BCUT2D eigenvalue weighted by molar-refractivity contribution is 0.570. The van der Waals surface area contributed by atoms with Gasteiger partial charge in [0, 0.05) is 10.9 Å². The maximum Gasteiger partial charge on any atom is 0.0701 e. The molecule has 1 unspecified atom stereocenters. The molecule has 13 heavy (non-hydrogen) atoms. The predicted molar refractivity (Wildman–Crippen MR) is 61.0 cm³/mol. The summed E-state index contributed by atoms with van der Waals surface area (Å²) in [6.45, 7) is 0. The first kappa shape index (κ1) is 9.69. The van der Waals surface area contributed by atoms with E-state index in [-0.39, 0.29) is 0 Å². The summed E-state index contributed by atoms with van der Waals surface area (Å²) in [4.78, 5) is 1.40. The zero-order valence-corrected chi connectivity index (χ0v) is 9.90. The van der Waals surface area contributed by atoms with Crippen molar-refractivity contribution >= 4 is 27.3 Å². The normalized spacial score (nSPS) is 18.9. The maximum absolute atomic E-state index is 6.05. The first-order valence-corrected chi connectivity index (χ1v) is 6.35. The van der Waals surface area contributed by atoms with Gasteiger partial charge in [-0.1, -0.05) is 12.8 Å². The quantitative estimate of drug-likeness (QED) is 0.884. The molecule has 0 bridgehead atoms. The first-order valence-electron chi connectivity index (χ1n) is 4.74. The molecule has 2 rings (SSSR count). The van der Waals surface area contributed by atoms with E-state index in [1.807, 2.05) is 0 Å². The summed E-state index contributed by atoms with van der Waals surface area (Å²) < 4.78 is 1.21. The van der Waals surface area contributed by atoms with Crippen LogP contribution in [0.15, 0.2) is 15.9 Å². The van der Waals surface area contributed by atoms with Gasteiger partial charge in [-0.25, -0.2) is 0 Å². The zero-order chi connectivity index (χ0) is 9.26. The predicted octanol–water partition coefficient (Wildman–Crippen LogP) is 3.18. The van der Waals surface area contributed by atoms with Crippen molar-refractivity contribution in [3.8, 4) is 0 Å². The molecule has 1 fully saturated rings. The molecule has 0 radical (unpaired) electrons. The van der Waals surface area contributed by atoms with Gasteiger partial charge in [0.2, 0.25) is 0 Å². The standard InChI is InChI=1S/C10H14BrNS/c11-10-4-3-9(13-10)6-8(12)5-7-1-2-7/h3-4,7-8H,1-2,5-6,12H2. The highest BCUT2D eigenvalue weighted by molar-refractivity contribution is 9.11. The average molecular weight is 260 g/mol. The minimum Gasteiger partial charge on any atom is -0.327 e. The third-order valence-corrected chi connectivity index (χ3v) is 4.07. The SMILES string of the molecule is NC(Cc1ccc(Br)s1)CC1CC1. The van der Waals surface area contributed by atoms with Gasteiger partial charge in [0.15, 0.2) is 0 Å². The summed E-state index contributed by atoms with van der Waals surface area (Å²) in [7, 11) is 0. The second-order valence-electron chi connectivity index (χ2n) is 3.85. The third-order valence-electron chi connectivity index (χ3n) is 2.43. The molecule has 1 aliphatic carbocycles. The van der Waals surface area contributed by atoms with Crippen LogP contribution in [0.3, 0.4) is 0 Å². The number of nitrogens with two attached hydrogens (primary N) is 1. The summed E-state index contributed by atoms with van der Waals surface area (Å²) in [5.41, 5.74) is 6.05. The zero-order valence-electron chi connectivity index (χ0n) is 7.50. The highest BCUT2D eigenvalue weighted by atomic mass is 79.9. The fourth-order valence-corrected chi connectivity index (χ4v) is 3.16. The molecule has 0 amide bonds. The van der Waals surface area contributed by atoms with E-state index in [2.05, 4.69) is 28.1 Å². The lowest BCUT2D eigenvalue weighted by Crippen LogP contribution is -2.22. The number of hydrogen-bond donors (Lipinski definition) is 1. The van der Waals surface area contributed by atoms with Gasteiger partial charge in [0.25, 0.3) is 0 Å². The summed E-state index contributed by atoms with van der Waals surface area (Å²) >= 11 is 5.26. The largest absolute Gasteiger partial charge is 0.327 e. The van der Waals surface area contributed by atoms with Crippen LogP contribution in [-0.2, 0) is 6.42 Å². The Morgan fingerprint density at radius 3 is 2.85 bits per heavy atom. The van der Waals surface area contributed by atoms with Gasteiger partial charge in [0.05, 0.1) is 3.79 Å². The Kier molecular flexibility index (Phi) is 3.06. The van der Waals surface area contributed by atoms with Gasteiger partial charge in [-0.2, -0.15) is 0 Å². The Hall–Kier alpha value is 0.140. The number of thiophene rings is 1. The highest BCUT2D eigenvalue weighted by Crippen LogP contribution is 2.34. The minimum absolute atomic E-state index is 0.373. The Bertz CT molecular complexity index is 280. The Balaban J connectivity index is 1.82. The van der Waals surface area contributed by atoms with Crippen molar-refractivity contribution in [3.05, 3.63) is 20.8 Å². The van der Waals surface area contributed by atoms with E-state index in [4.69, 9.17) is 5.73 Å². The van der Waals surface area contributed by atoms with Crippen molar-refractivity contribution < 1.29 is 0 Å². The van der Waals surface area contributed by atoms with Crippen LogP contribution in [0.25, 0.3) is 0 Å². The minimum atomic E-state index is 0.373. The van der Waals surface area contributed by atoms with E-state index in [0.717, 1.165) is 12.3 Å². The highest BCUT2D eigenvalue weighted by Gasteiger charge is 2.23. The molecule has 1 aromatic rings. The molecular formula is C10H14BrNS.